The van der Waals surface area contributed by atoms with Crippen LogP contribution in [0.1, 0.15) is 0 Å². The van der Waals surface area contributed by atoms with E-state index in [1.165, 1.54) is 121 Å². The minimum absolute atomic E-state index is 1.22. The maximum absolute atomic E-state index is 2.53. The van der Waals surface area contributed by atoms with E-state index in [-0.39, 0.29) is 0 Å². The molecule has 2 aliphatic rings. The maximum Gasteiger partial charge on any atom is -0.00139 e. The van der Waals surface area contributed by atoms with Gasteiger partial charge in [0.2, 0.25) is 0 Å². The second-order valence-electron chi connectivity index (χ2n) is 14.7. The molecule has 0 saturated carbocycles. The van der Waals surface area contributed by atoms with Gasteiger partial charge in [0, 0.05) is 0 Å². The third-order valence-corrected chi connectivity index (χ3v) is 12.0. The van der Waals surface area contributed by atoms with Crippen LogP contribution in [-0.2, 0) is 0 Å². The van der Waals surface area contributed by atoms with E-state index in [9.17, 15) is 0 Å². The van der Waals surface area contributed by atoms with Gasteiger partial charge in [-0.3, -0.25) is 0 Å². The van der Waals surface area contributed by atoms with Gasteiger partial charge in [0.25, 0.3) is 0 Å². The highest BCUT2D eigenvalue weighted by molar-refractivity contribution is 6.30. The largest absolute Gasteiger partial charge is 0.0622 e. The Balaban J connectivity index is 1.25. The lowest BCUT2D eigenvalue weighted by Gasteiger charge is -2.22. The van der Waals surface area contributed by atoms with Crippen molar-refractivity contribution in [2.75, 3.05) is 0 Å². The zero-order chi connectivity index (χ0) is 35.3. The Morgan fingerprint density at radius 2 is 0.500 bits per heavy atom. The second kappa shape index (κ2) is 11.2. The van der Waals surface area contributed by atoms with E-state index in [1.807, 2.05) is 0 Å². The van der Waals surface area contributed by atoms with Crippen molar-refractivity contribution in [3.8, 4) is 89.0 Å². The van der Waals surface area contributed by atoms with Crippen LogP contribution in [-0.4, -0.2) is 0 Å². The molecule has 0 radical (unpaired) electrons. The summed E-state index contributed by atoms with van der Waals surface area (Å²) in [6.07, 6.45) is 0. The highest BCUT2D eigenvalue weighted by Gasteiger charge is 2.31. The standard InChI is InChI=1S/C54H32/c1-3-15-33(16-4-1)35-19-7-11-23-39(35)51-41-25-13-14-26-42(41)52(40-24-12-8-20-36(40)34-17-5-2-6-18-34)50-32-48-46-30-28-44-38-22-10-9-21-37(38)43-27-29-45(54(46)53(43)44)47(48)31-49(50)51/h1-32H. The predicted octanol–water partition coefficient (Wildman–Crippen LogP) is 15.1. The Bertz CT molecular complexity index is 2970. The van der Waals surface area contributed by atoms with Crippen molar-refractivity contribution in [3.05, 3.63) is 194 Å². The van der Waals surface area contributed by atoms with Gasteiger partial charge < -0.3 is 0 Å². The van der Waals surface area contributed by atoms with Crippen LogP contribution in [0.2, 0.25) is 0 Å². The molecule has 0 bridgehead atoms. The van der Waals surface area contributed by atoms with E-state index in [0.717, 1.165) is 0 Å². The minimum atomic E-state index is 1.22. The summed E-state index contributed by atoms with van der Waals surface area (Å²) in [6, 6.07) is 72.2. The zero-order valence-electron chi connectivity index (χ0n) is 29.5. The molecule has 0 unspecified atom stereocenters. The molecular formula is C54H32. The van der Waals surface area contributed by atoms with E-state index < -0.39 is 0 Å². The van der Waals surface area contributed by atoms with Crippen molar-refractivity contribution in [1.82, 2.24) is 0 Å². The van der Waals surface area contributed by atoms with E-state index >= 15 is 0 Å². The van der Waals surface area contributed by atoms with Gasteiger partial charge in [-0.05, 0) is 133 Å². The Hall–Kier alpha value is -7.02. The molecular weight excluding hydrogens is 649 g/mol. The third-order valence-electron chi connectivity index (χ3n) is 12.0. The van der Waals surface area contributed by atoms with Crippen LogP contribution in [0.4, 0.5) is 0 Å². The van der Waals surface area contributed by atoms with Crippen molar-refractivity contribution in [3.63, 3.8) is 0 Å². The molecule has 0 aromatic heterocycles. The molecule has 0 fully saturated rings. The Morgan fingerprint density at radius 3 is 0.907 bits per heavy atom. The quantitative estimate of drug-likeness (QED) is 0.162. The molecule has 0 nitrogen and oxygen atoms in total. The van der Waals surface area contributed by atoms with Crippen molar-refractivity contribution in [2.24, 2.45) is 0 Å². The predicted molar refractivity (Wildman–Crippen MR) is 230 cm³/mol. The minimum Gasteiger partial charge on any atom is -0.0622 e. The number of fused-ring (bicyclic) bond motifs is 8. The fourth-order valence-corrected chi connectivity index (χ4v) is 9.74. The summed E-state index contributed by atoms with van der Waals surface area (Å²) in [5, 5.41) is 7.85. The molecule has 0 atom stereocenters. The Kier molecular flexibility index (Phi) is 6.15. The normalized spacial score (nSPS) is 12.1. The lowest BCUT2D eigenvalue weighted by molar-refractivity contribution is 1.60. The molecule has 0 amide bonds. The lowest BCUT2D eigenvalue weighted by Crippen LogP contribution is -1.95. The molecule has 248 valence electrons. The van der Waals surface area contributed by atoms with Crippen molar-refractivity contribution >= 4 is 32.3 Å². The molecule has 0 heteroatoms. The molecule has 0 heterocycles. The lowest BCUT2D eigenvalue weighted by atomic mass is 9.81. The van der Waals surface area contributed by atoms with Crippen molar-refractivity contribution in [2.45, 2.75) is 0 Å². The molecule has 0 spiro atoms. The van der Waals surface area contributed by atoms with Crippen LogP contribution >= 0.6 is 0 Å². The first-order chi connectivity index (χ1) is 26.8. The SMILES string of the molecule is c1ccc(-c2ccccc2-c2c3ccccc3c(-c3ccccc3-c3ccccc3)c3cc4c(cc23)-c2ccc3c5c(ccc-4c25)-c2ccccc2-3)cc1. The molecule has 10 aromatic carbocycles. The topological polar surface area (TPSA) is 0 Å². The molecule has 12 rings (SSSR count). The first kappa shape index (κ1) is 29.5. The van der Waals surface area contributed by atoms with Crippen LogP contribution in [0.25, 0.3) is 121 Å². The fourth-order valence-electron chi connectivity index (χ4n) is 9.74. The summed E-state index contributed by atoms with van der Waals surface area (Å²) in [5.41, 5.74) is 20.6. The average molecular weight is 681 g/mol. The van der Waals surface area contributed by atoms with E-state index in [4.69, 9.17) is 0 Å². The second-order valence-corrected chi connectivity index (χ2v) is 14.7. The van der Waals surface area contributed by atoms with Gasteiger partial charge >= 0.3 is 0 Å². The van der Waals surface area contributed by atoms with Crippen LogP contribution in [0.5, 0.6) is 0 Å². The fraction of sp³-hybridized carbons (Fsp3) is 0. The summed E-state index contributed by atoms with van der Waals surface area (Å²) in [4.78, 5) is 0. The maximum atomic E-state index is 2.53. The third kappa shape index (κ3) is 4.03. The van der Waals surface area contributed by atoms with Gasteiger partial charge in [0.1, 0.15) is 0 Å². The highest BCUT2D eigenvalue weighted by atomic mass is 14.3. The van der Waals surface area contributed by atoms with Gasteiger partial charge in [-0.2, -0.15) is 0 Å². The van der Waals surface area contributed by atoms with Crippen LogP contribution < -0.4 is 0 Å². The summed E-state index contributed by atoms with van der Waals surface area (Å²) in [5.74, 6) is 0. The number of hydrogen-bond acceptors (Lipinski definition) is 0. The van der Waals surface area contributed by atoms with E-state index in [0.29, 0.717) is 0 Å². The summed E-state index contributed by atoms with van der Waals surface area (Å²) >= 11 is 0. The summed E-state index contributed by atoms with van der Waals surface area (Å²) in [7, 11) is 0. The Labute approximate surface area is 314 Å². The van der Waals surface area contributed by atoms with Gasteiger partial charge in [-0.25, -0.2) is 0 Å². The highest BCUT2D eigenvalue weighted by Crippen LogP contribution is 2.58. The smallest absolute Gasteiger partial charge is 0.00139 e. The molecule has 54 heavy (non-hydrogen) atoms. The zero-order valence-corrected chi connectivity index (χ0v) is 29.5. The molecule has 0 saturated heterocycles. The van der Waals surface area contributed by atoms with Crippen molar-refractivity contribution in [1.29, 1.82) is 0 Å². The van der Waals surface area contributed by atoms with Crippen LogP contribution in [0.3, 0.4) is 0 Å². The summed E-state index contributed by atoms with van der Waals surface area (Å²) in [6.45, 7) is 0. The van der Waals surface area contributed by atoms with E-state index in [2.05, 4.69) is 194 Å². The van der Waals surface area contributed by atoms with Gasteiger partial charge in [-0.15, -0.1) is 0 Å². The Morgan fingerprint density at radius 1 is 0.185 bits per heavy atom. The molecule has 2 aliphatic carbocycles. The number of hydrogen-bond donors (Lipinski definition) is 0. The van der Waals surface area contributed by atoms with E-state index in [1.54, 1.807) is 0 Å². The van der Waals surface area contributed by atoms with Crippen LogP contribution in [0, 0.1) is 0 Å². The van der Waals surface area contributed by atoms with Gasteiger partial charge in [0.05, 0.1) is 0 Å². The van der Waals surface area contributed by atoms with Crippen molar-refractivity contribution < 1.29 is 0 Å². The van der Waals surface area contributed by atoms with Gasteiger partial charge in [-0.1, -0.05) is 182 Å². The summed E-state index contributed by atoms with van der Waals surface area (Å²) < 4.78 is 0. The first-order valence-corrected chi connectivity index (χ1v) is 18.9. The molecule has 0 aliphatic heterocycles. The first-order valence-electron chi connectivity index (χ1n) is 18.9. The number of benzene rings is 10. The monoisotopic (exact) mass is 680 g/mol. The molecule has 10 aromatic rings. The number of rotatable bonds is 4. The molecule has 0 N–H and O–H groups in total. The average Bonchev–Trinajstić information content (AvgIpc) is 3.74. The van der Waals surface area contributed by atoms with Gasteiger partial charge in [0.15, 0.2) is 0 Å². The van der Waals surface area contributed by atoms with Crippen LogP contribution in [0.15, 0.2) is 194 Å².